The molecule has 27 heavy (non-hydrogen) atoms. The Kier molecular flexibility index (Phi) is 5.13. The molecule has 132 valence electrons. The monoisotopic (exact) mass is 410 g/mol. The fourth-order valence-electron chi connectivity index (χ4n) is 2.93. The lowest BCUT2D eigenvalue weighted by atomic mass is 9.94. The van der Waals surface area contributed by atoms with Gasteiger partial charge in [-0.3, -0.25) is 0 Å². The number of hydrogen-bond acceptors (Lipinski definition) is 2. The highest BCUT2D eigenvalue weighted by Gasteiger charge is 2.16. The Hall–Kier alpha value is -2.39. The van der Waals surface area contributed by atoms with Crippen LogP contribution in [0.15, 0.2) is 79.1 Å². The zero-order valence-electron chi connectivity index (χ0n) is 14.0. The fourth-order valence-corrected chi connectivity index (χ4v) is 3.31. The molecule has 1 aromatic heterocycles. The average molecular weight is 412 g/mol. The van der Waals surface area contributed by atoms with E-state index in [9.17, 15) is 0 Å². The normalized spacial score (nSPS) is 10.8. The molecule has 0 bridgehead atoms. The van der Waals surface area contributed by atoms with Crippen LogP contribution in [-0.2, 0) is 0 Å². The number of halogens is 3. The molecule has 0 saturated heterocycles. The molecule has 0 atom stereocenters. The second-order valence-electron chi connectivity index (χ2n) is 5.97. The minimum atomic E-state index is 0.677. The van der Waals surface area contributed by atoms with E-state index in [4.69, 9.17) is 34.8 Å². The minimum absolute atomic E-state index is 0.677. The van der Waals surface area contributed by atoms with Crippen molar-refractivity contribution in [2.24, 2.45) is 0 Å². The summed E-state index contributed by atoms with van der Waals surface area (Å²) in [5.74, 6) is 0. The molecule has 0 amide bonds. The van der Waals surface area contributed by atoms with Crippen molar-refractivity contribution in [1.82, 2.24) is 9.97 Å². The molecule has 0 fully saturated rings. The van der Waals surface area contributed by atoms with Gasteiger partial charge in [0.05, 0.1) is 11.4 Å². The highest BCUT2D eigenvalue weighted by molar-refractivity contribution is 6.31. The summed E-state index contributed by atoms with van der Waals surface area (Å²) in [6.07, 6.45) is 1.58. The maximum absolute atomic E-state index is 6.09. The van der Waals surface area contributed by atoms with E-state index in [2.05, 4.69) is 9.97 Å². The molecule has 3 aromatic carbocycles. The van der Waals surface area contributed by atoms with Crippen LogP contribution >= 0.6 is 34.8 Å². The summed E-state index contributed by atoms with van der Waals surface area (Å²) < 4.78 is 0. The van der Waals surface area contributed by atoms with Crippen LogP contribution in [0.1, 0.15) is 0 Å². The zero-order chi connectivity index (χ0) is 18.8. The molecular formula is C22H13Cl3N2. The van der Waals surface area contributed by atoms with E-state index in [-0.39, 0.29) is 0 Å². The SMILES string of the molecule is Clc1ccc(-c2ncnc(-c3ccc(Cl)cc3)c2-c2ccc(Cl)cc2)cc1. The Bertz CT molecular complexity index is 1010. The molecule has 1 heterocycles. The third-order valence-electron chi connectivity index (χ3n) is 4.22. The fraction of sp³-hybridized carbons (Fsp3) is 0. The topological polar surface area (TPSA) is 25.8 Å². The Morgan fingerprint density at radius 2 is 0.778 bits per heavy atom. The summed E-state index contributed by atoms with van der Waals surface area (Å²) in [5.41, 5.74) is 5.49. The first-order chi connectivity index (χ1) is 13.1. The van der Waals surface area contributed by atoms with Crippen molar-refractivity contribution >= 4 is 34.8 Å². The first-order valence-corrected chi connectivity index (χ1v) is 9.38. The molecule has 0 aliphatic heterocycles. The van der Waals surface area contributed by atoms with Gasteiger partial charge in [0.15, 0.2) is 0 Å². The van der Waals surface area contributed by atoms with Crippen LogP contribution in [0.5, 0.6) is 0 Å². The van der Waals surface area contributed by atoms with Crippen LogP contribution in [0.25, 0.3) is 33.6 Å². The largest absolute Gasteiger partial charge is 0.236 e. The van der Waals surface area contributed by atoms with E-state index in [0.717, 1.165) is 33.6 Å². The van der Waals surface area contributed by atoms with Crippen molar-refractivity contribution in [3.8, 4) is 33.6 Å². The number of aromatic nitrogens is 2. The van der Waals surface area contributed by atoms with Crippen molar-refractivity contribution in [2.45, 2.75) is 0 Å². The Morgan fingerprint density at radius 3 is 1.15 bits per heavy atom. The van der Waals surface area contributed by atoms with E-state index in [1.54, 1.807) is 6.33 Å². The summed E-state index contributed by atoms with van der Waals surface area (Å²) >= 11 is 18.2. The Labute approximate surface area is 172 Å². The Morgan fingerprint density at radius 1 is 0.444 bits per heavy atom. The molecule has 0 unspecified atom stereocenters. The third-order valence-corrected chi connectivity index (χ3v) is 4.97. The summed E-state index contributed by atoms with van der Waals surface area (Å²) in [4.78, 5) is 9.14. The van der Waals surface area contributed by atoms with Gasteiger partial charge in [-0.2, -0.15) is 0 Å². The van der Waals surface area contributed by atoms with Crippen LogP contribution in [0.4, 0.5) is 0 Å². The third kappa shape index (κ3) is 3.84. The van der Waals surface area contributed by atoms with E-state index in [0.29, 0.717) is 15.1 Å². The standard InChI is InChI=1S/C22H13Cl3N2/c23-17-7-1-14(2-8-17)20-21(15-3-9-18(24)10-4-15)26-13-27-22(20)16-5-11-19(25)12-6-16/h1-13H. The van der Waals surface area contributed by atoms with Crippen LogP contribution in [0.2, 0.25) is 15.1 Å². The quantitative estimate of drug-likeness (QED) is 0.350. The number of nitrogens with zero attached hydrogens (tertiary/aromatic N) is 2. The maximum atomic E-state index is 6.09. The van der Waals surface area contributed by atoms with Crippen LogP contribution in [-0.4, -0.2) is 9.97 Å². The number of rotatable bonds is 3. The molecule has 0 radical (unpaired) electrons. The molecule has 5 heteroatoms. The molecular weight excluding hydrogens is 399 g/mol. The van der Waals surface area contributed by atoms with E-state index < -0.39 is 0 Å². The van der Waals surface area contributed by atoms with Gasteiger partial charge >= 0.3 is 0 Å². The zero-order valence-corrected chi connectivity index (χ0v) is 16.3. The maximum Gasteiger partial charge on any atom is 0.116 e. The second kappa shape index (κ2) is 7.69. The first-order valence-electron chi connectivity index (χ1n) is 8.24. The molecule has 0 spiro atoms. The van der Waals surface area contributed by atoms with Crippen LogP contribution in [0.3, 0.4) is 0 Å². The predicted octanol–water partition coefficient (Wildman–Crippen LogP) is 7.44. The van der Waals surface area contributed by atoms with Gasteiger partial charge in [-0.15, -0.1) is 0 Å². The van der Waals surface area contributed by atoms with E-state index >= 15 is 0 Å². The Balaban J connectivity index is 1.99. The summed E-state index contributed by atoms with van der Waals surface area (Å²) in [5, 5.41) is 2.04. The van der Waals surface area contributed by atoms with E-state index in [1.807, 2.05) is 72.8 Å². The van der Waals surface area contributed by atoms with Gasteiger partial charge in [0.25, 0.3) is 0 Å². The lowest BCUT2D eigenvalue weighted by Gasteiger charge is -2.14. The molecule has 0 saturated carbocycles. The molecule has 0 aliphatic rings. The van der Waals surface area contributed by atoms with Crippen LogP contribution in [0, 0.1) is 0 Å². The first kappa shape index (κ1) is 18.0. The average Bonchev–Trinajstić information content (AvgIpc) is 2.69. The minimum Gasteiger partial charge on any atom is -0.236 e. The van der Waals surface area contributed by atoms with Gasteiger partial charge in [-0.1, -0.05) is 71.2 Å². The van der Waals surface area contributed by atoms with Gasteiger partial charge in [0.2, 0.25) is 0 Å². The second-order valence-corrected chi connectivity index (χ2v) is 7.28. The molecule has 4 aromatic rings. The molecule has 0 aliphatic carbocycles. The molecule has 4 rings (SSSR count). The molecule has 0 N–H and O–H groups in total. The van der Waals surface area contributed by atoms with Gasteiger partial charge in [0, 0.05) is 31.8 Å². The van der Waals surface area contributed by atoms with Crippen molar-refractivity contribution in [3.63, 3.8) is 0 Å². The van der Waals surface area contributed by atoms with Crippen molar-refractivity contribution < 1.29 is 0 Å². The predicted molar refractivity (Wildman–Crippen MR) is 113 cm³/mol. The van der Waals surface area contributed by atoms with Gasteiger partial charge < -0.3 is 0 Å². The van der Waals surface area contributed by atoms with E-state index in [1.165, 1.54) is 0 Å². The van der Waals surface area contributed by atoms with Crippen molar-refractivity contribution in [2.75, 3.05) is 0 Å². The number of hydrogen-bond donors (Lipinski definition) is 0. The highest BCUT2D eigenvalue weighted by Crippen LogP contribution is 2.38. The summed E-state index contributed by atoms with van der Waals surface area (Å²) in [6, 6.07) is 22.9. The van der Waals surface area contributed by atoms with Crippen molar-refractivity contribution in [3.05, 3.63) is 94.2 Å². The highest BCUT2D eigenvalue weighted by atomic mass is 35.5. The number of benzene rings is 3. The molecule has 2 nitrogen and oxygen atoms in total. The summed E-state index contributed by atoms with van der Waals surface area (Å²) in [6.45, 7) is 0. The van der Waals surface area contributed by atoms with Crippen molar-refractivity contribution in [1.29, 1.82) is 0 Å². The summed E-state index contributed by atoms with van der Waals surface area (Å²) in [7, 11) is 0. The smallest absolute Gasteiger partial charge is 0.116 e. The lowest BCUT2D eigenvalue weighted by Crippen LogP contribution is -1.96. The van der Waals surface area contributed by atoms with Gasteiger partial charge in [0.1, 0.15) is 6.33 Å². The van der Waals surface area contributed by atoms with Crippen LogP contribution < -0.4 is 0 Å². The lowest BCUT2D eigenvalue weighted by molar-refractivity contribution is 1.18. The van der Waals surface area contributed by atoms with Gasteiger partial charge in [-0.25, -0.2) is 9.97 Å². The van der Waals surface area contributed by atoms with Gasteiger partial charge in [-0.05, 0) is 42.0 Å².